The predicted molar refractivity (Wildman–Crippen MR) is 122 cm³/mol. The van der Waals surface area contributed by atoms with Crippen LogP contribution in [0.15, 0.2) is 30.3 Å². The summed E-state index contributed by atoms with van der Waals surface area (Å²) >= 11 is 0. The van der Waals surface area contributed by atoms with Gasteiger partial charge < -0.3 is 14.7 Å². The highest BCUT2D eigenvalue weighted by atomic mass is 16.6. The second-order valence-corrected chi connectivity index (χ2v) is 8.47. The lowest BCUT2D eigenvalue weighted by Crippen LogP contribution is -2.50. The van der Waals surface area contributed by atoms with Crippen molar-refractivity contribution in [2.24, 2.45) is 0 Å². The zero-order valence-corrected chi connectivity index (χ0v) is 19.3. The Morgan fingerprint density at radius 2 is 1.58 bits per heavy atom. The summed E-state index contributed by atoms with van der Waals surface area (Å²) in [7, 11) is 0. The van der Waals surface area contributed by atoms with E-state index in [0.29, 0.717) is 25.9 Å². The summed E-state index contributed by atoms with van der Waals surface area (Å²) in [5.74, 6) is -0.0544. The fraction of sp³-hybridized carbons (Fsp3) is 0.680. The molecule has 1 aromatic rings. The number of ether oxygens (including phenoxy) is 1. The smallest absolute Gasteiger partial charge is 0.412 e. The second-order valence-electron chi connectivity index (χ2n) is 8.47. The molecule has 31 heavy (non-hydrogen) atoms. The molecule has 0 spiro atoms. The lowest BCUT2D eigenvalue weighted by atomic mass is 10.1. The van der Waals surface area contributed by atoms with E-state index in [0.717, 1.165) is 56.9 Å². The van der Waals surface area contributed by atoms with E-state index in [4.69, 9.17) is 4.74 Å². The molecule has 1 aliphatic heterocycles. The molecule has 1 heterocycles. The summed E-state index contributed by atoms with van der Waals surface area (Å²) in [5.41, 5.74) is 0.876. The number of aliphatic hydroxyl groups excluding tert-OH is 1. The molecule has 1 aliphatic rings. The van der Waals surface area contributed by atoms with Gasteiger partial charge in [-0.25, -0.2) is 4.79 Å². The van der Waals surface area contributed by atoms with E-state index >= 15 is 0 Å². The molecule has 6 nitrogen and oxygen atoms in total. The van der Waals surface area contributed by atoms with Crippen molar-refractivity contribution in [3.8, 4) is 0 Å². The molecule has 2 rings (SSSR count). The maximum Gasteiger partial charge on any atom is 0.412 e. The van der Waals surface area contributed by atoms with Crippen LogP contribution in [-0.4, -0.2) is 52.3 Å². The molecule has 6 heteroatoms. The Bertz CT molecular complexity index is 640. The maximum atomic E-state index is 13.4. The number of benzene rings is 1. The third-order valence-electron chi connectivity index (χ3n) is 5.93. The van der Waals surface area contributed by atoms with Crippen molar-refractivity contribution in [1.82, 2.24) is 9.80 Å². The molecular weight excluding hydrogens is 392 g/mol. The Hall–Kier alpha value is -2.08. The third kappa shape index (κ3) is 8.17. The van der Waals surface area contributed by atoms with Gasteiger partial charge in [0.15, 0.2) is 0 Å². The molecule has 1 aromatic carbocycles. The van der Waals surface area contributed by atoms with Crippen LogP contribution in [-0.2, 0) is 16.1 Å². The molecule has 2 atom stereocenters. The minimum atomic E-state index is -0.973. The fourth-order valence-corrected chi connectivity index (χ4v) is 4.08. The molecule has 174 valence electrons. The van der Waals surface area contributed by atoms with Gasteiger partial charge in [-0.05, 0) is 31.2 Å². The van der Waals surface area contributed by atoms with Gasteiger partial charge in [-0.1, -0.05) is 82.7 Å². The number of carbonyl (C=O) groups excluding carboxylic acids is 2. The number of amides is 2. The highest BCUT2D eigenvalue weighted by Gasteiger charge is 2.42. The van der Waals surface area contributed by atoms with E-state index < -0.39 is 18.4 Å². The molecule has 1 fully saturated rings. The summed E-state index contributed by atoms with van der Waals surface area (Å²) in [4.78, 5) is 29.3. The van der Waals surface area contributed by atoms with Gasteiger partial charge in [0.2, 0.25) is 5.91 Å². The number of carbonyl (C=O) groups is 2. The maximum absolute atomic E-state index is 13.4. The summed E-state index contributed by atoms with van der Waals surface area (Å²) < 4.78 is 5.42. The van der Waals surface area contributed by atoms with E-state index in [-0.39, 0.29) is 12.5 Å². The Morgan fingerprint density at radius 3 is 2.16 bits per heavy atom. The lowest BCUT2D eigenvalue weighted by molar-refractivity contribution is -0.137. The number of rotatable bonds is 13. The molecule has 1 saturated heterocycles. The Morgan fingerprint density at radius 1 is 0.968 bits per heavy atom. The van der Waals surface area contributed by atoms with Crippen molar-refractivity contribution in [2.75, 3.05) is 13.1 Å². The molecule has 1 unspecified atom stereocenters. The monoisotopic (exact) mass is 432 g/mol. The van der Waals surface area contributed by atoms with E-state index in [1.807, 2.05) is 35.2 Å². The van der Waals surface area contributed by atoms with Crippen LogP contribution >= 0.6 is 0 Å². The first-order valence-electron chi connectivity index (χ1n) is 12.0. The van der Waals surface area contributed by atoms with Crippen LogP contribution in [0.1, 0.15) is 83.6 Å². The van der Waals surface area contributed by atoms with Gasteiger partial charge in [0.1, 0.15) is 18.9 Å². The summed E-state index contributed by atoms with van der Waals surface area (Å²) in [6.07, 6.45) is 8.07. The number of hydrogen-bond acceptors (Lipinski definition) is 4. The third-order valence-corrected chi connectivity index (χ3v) is 5.93. The normalized spacial score (nSPS) is 18.2. The highest BCUT2D eigenvalue weighted by molar-refractivity contribution is 5.86. The quantitative estimate of drug-likeness (QED) is 0.441. The Kier molecular flexibility index (Phi) is 11.4. The predicted octanol–water partition coefficient (Wildman–Crippen LogP) is 5.10. The lowest BCUT2D eigenvalue weighted by Gasteiger charge is -2.31. The van der Waals surface area contributed by atoms with Crippen LogP contribution < -0.4 is 0 Å². The number of hydrogen-bond donors (Lipinski definition) is 1. The fourth-order valence-electron chi connectivity index (χ4n) is 4.08. The first-order chi connectivity index (χ1) is 15.1. The molecular formula is C25H40N2O4. The Balaban J connectivity index is 1.99. The molecule has 0 aromatic heterocycles. The second kappa shape index (κ2) is 14.1. The number of unbranched alkanes of at least 4 members (excludes halogenated alkanes) is 6. The summed E-state index contributed by atoms with van der Waals surface area (Å²) in [5, 5.41) is 10.4. The first kappa shape index (κ1) is 25.2. The average molecular weight is 433 g/mol. The molecule has 0 bridgehead atoms. The number of likely N-dealkylation sites (tertiary alicyclic amines) is 1. The van der Waals surface area contributed by atoms with E-state index in [9.17, 15) is 14.7 Å². The first-order valence-corrected chi connectivity index (χ1v) is 12.0. The Labute approximate surface area is 187 Å². The van der Waals surface area contributed by atoms with Crippen LogP contribution in [0.2, 0.25) is 0 Å². The van der Waals surface area contributed by atoms with Gasteiger partial charge in [0.05, 0.1) is 0 Å². The van der Waals surface area contributed by atoms with Gasteiger partial charge in [-0.15, -0.1) is 0 Å². The molecule has 1 N–H and O–H groups in total. The van der Waals surface area contributed by atoms with Gasteiger partial charge in [-0.3, -0.25) is 9.69 Å². The van der Waals surface area contributed by atoms with Gasteiger partial charge >= 0.3 is 6.09 Å². The topological polar surface area (TPSA) is 70.1 Å². The van der Waals surface area contributed by atoms with E-state index in [1.165, 1.54) is 4.90 Å². The van der Waals surface area contributed by atoms with E-state index in [1.54, 1.807) is 0 Å². The van der Waals surface area contributed by atoms with Crippen LogP contribution in [0.3, 0.4) is 0 Å². The van der Waals surface area contributed by atoms with Gasteiger partial charge in [0, 0.05) is 13.1 Å². The SMILES string of the molecule is CCCCCCN(CCCCCC)C(=O)[C@@H]1CCC(O)N1C(=O)OCc1ccccc1. The molecule has 0 aliphatic carbocycles. The zero-order chi connectivity index (χ0) is 22.5. The van der Waals surface area contributed by atoms with Crippen molar-refractivity contribution in [3.05, 3.63) is 35.9 Å². The standard InChI is InChI=1S/C25H40N2O4/c1-3-5-7-12-18-26(19-13-8-6-4-2)24(29)22-16-17-23(28)27(22)25(30)31-20-21-14-10-9-11-15-21/h9-11,14-15,22-23,28H,3-8,12-13,16-20H2,1-2H3/t22-,23?/m0/s1. The average Bonchev–Trinajstić information content (AvgIpc) is 3.18. The molecule has 2 amide bonds. The zero-order valence-electron chi connectivity index (χ0n) is 19.3. The van der Waals surface area contributed by atoms with Crippen LogP contribution in [0.25, 0.3) is 0 Å². The summed E-state index contributed by atoms with van der Waals surface area (Å²) in [6, 6.07) is 8.79. The minimum absolute atomic E-state index is 0.0544. The molecule has 0 saturated carbocycles. The van der Waals surface area contributed by atoms with Crippen molar-refractivity contribution in [2.45, 2.75) is 96.9 Å². The number of nitrogens with zero attached hydrogens (tertiary/aromatic N) is 2. The van der Waals surface area contributed by atoms with E-state index in [2.05, 4.69) is 13.8 Å². The highest BCUT2D eigenvalue weighted by Crippen LogP contribution is 2.26. The number of aliphatic hydroxyl groups is 1. The minimum Gasteiger partial charge on any atom is -0.444 e. The summed E-state index contributed by atoms with van der Waals surface area (Å²) in [6.45, 7) is 5.90. The van der Waals surface area contributed by atoms with Gasteiger partial charge in [0.25, 0.3) is 0 Å². The van der Waals surface area contributed by atoms with Gasteiger partial charge in [-0.2, -0.15) is 0 Å². The van der Waals surface area contributed by atoms with Crippen LogP contribution in [0.4, 0.5) is 4.79 Å². The largest absolute Gasteiger partial charge is 0.444 e. The van der Waals surface area contributed by atoms with Crippen molar-refractivity contribution >= 4 is 12.0 Å². The van der Waals surface area contributed by atoms with Crippen LogP contribution in [0.5, 0.6) is 0 Å². The van der Waals surface area contributed by atoms with Crippen molar-refractivity contribution in [1.29, 1.82) is 0 Å². The van der Waals surface area contributed by atoms with Crippen molar-refractivity contribution < 1.29 is 19.4 Å². The molecule has 0 radical (unpaired) electrons. The van der Waals surface area contributed by atoms with Crippen molar-refractivity contribution in [3.63, 3.8) is 0 Å². The van der Waals surface area contributed by atoms with Crippen LogP contribution in [0, 0.1) is 0 Å².